The highest BCUT2D eigenvalue weighted by Gasteiger charge is 2.21. The Kier molecular flexibility index (Phi) is 5.47. The van der Waals surface area contributed by atoms with Crippen LogP contribution in [0.15, 0.2) is 30.6 Å². The predicted octanol–water partition coefficient (Wildman–Crippen LogP) is 2.68. The van der Waals surface area contributed by atoms with E-state index in [-0.39, 0.29) is 21.3 Å². The van der Waals surface area contributed by atoms with Gasteiger partial charge in [-0.15, -0.1) is 0 Å². The first-order valence-electron chi connectivity index (χ1n) is 8.04. The van der Waals surface area contributed by atoms with Crippen LogP contribution in [-0.4, -0.2) is 46.2 Å². The minimum atomic E-state index is -0.766. The zero-order valence-corrected chi connectivity index (χ0v) is 15.6. The van der Waals surface area contributed by atoms with Crippen LogP contribution in [0.3, 0.4) is 0 Å². The fourth-order valence-electron chi connectivity index (χ4n) is 2.35. The lowest BCUT2D eigenvalue weighted by atomic mass is 10.2. The summed E-state index contributed by atoms with van der Waals surface area (Å²) < 4.78 is 29.6. The van der Waals surface area contributed by atoms with Crippen LogP contribution in [0.1, 0.15) is 10.5 Å². The van der Waals surface area contributed by atoms with Gasteiger partial charge in [-0.25, -0.2) is 13.8 Å². The number of nitrogen functional groups attached to an aromatic ring is 1. The van der Waals surface area contributed by atoms with E-state index < -0.39 is 17.5 Å². The second-order valence-electron chi connectivity index (χ2n) is 6.08. The highest BCUT2D eigenvalue weighted by Crippen LogP contribution is 2.33. The molecule has 7 nitrogen and oxygen atoms in total. The van der Waals surface area contributed by atoms with E-state index in [0.29, 0.717) is 12.2 Å². The number of halogens is 2. The summed E-state index contributed by atoms with van der Waals surface area (Å²) in [6, 6.07) is 3.50. The topological polar surface area (TPSA) is 89.1 Å². The fraction of sp³-hybridized carbons (Fsp3) is 0.235. The van der Waals surface area contributed by atoms with Crippen LogP contribution in [0.4, 0.5) is 19.5 Å². The van der Waals surface area contributed by atoms with Gasteiger partial charge >= 0.3 is 0 Å². The van der Waals surface area contributed by atoms with E-state index in [9.17, 15) is 13.6 Å². The molecule has 0 unspecified atom stereocenters. The van der Waals surface area contributed by atoms with E-state index in [4.69, 9.17) is 5.73 Å². The van der Waals surface area contributed by atoms with Crippen molar-refractivity contribution >= 4 is 27.9 Å². The molecule has 10 heteroatoms. The Morgan fingerprint density at radius 2 is 2.04 bits per heavy atom. The average Bonchev–Trinajstić information content (AvgIpc) is 3.19. The van der Waals surface area contributed by atoms with Crippen LogP contribution >= 0.6 is 11.3 Å². The van der Waals surface area contributed by atoms with Crippen molar-refractivity contribution in [3.8, 4) is 10.6 Å². The summed E-state index contributed by atoms with van der Waals surface area (Å²) in [7, 11) is 3.90. The molecule has 142 valence electrons. The number of aromatic nitrogens is 3. The molecule has 0 spiro atoms. The maximum Gasteiger partial charge on any atom is 0.277 e. The molecule has 0 aliphatic rings. The monoisotopic (exact) mass is 392 g/mol. The number of thiazole rings is 1. The first kappa shape index (κ1) is 18.9. The molecule has 0 fully saturated rings. The van der Waals surface area contributed by atoms with Crippen molar-refractivity contribution in [1.82, 2.24) is 19.7 Å². The number of likely N-dealkylation sites (N-methyl/N-ethyl adjacent to an activating group) is 1. The summed E-state index contributed by atoms with van der Waals surface area (Å²) in [4.78, 5) is 18.5. The first-order valence-corrected chi connectivity index (χ1v) is 8.86. The van der Waals surface area contributed by atoms with Crippen molar-refractivity contribution in [3.05, 3.63) is 47.9 Å². The Labute approximate surface area is 158 Å². The molecule has 3 aromatic rings. The molecule has 0 radical (unpaired) electrons. The molecular formula is C17H18F2N6OS. The Balaban J connectivity index is 1.77. The molecule has 3 N–H and O–H groups in total. The van der Waals surface area contributed by atoms with Gasteiger partial charge in [-0.05, 0) is 26.2 Å². The second kappa shape index (κ2) is 7.80. The molecular weight excluding hydrogens is 374 g/mol. The molecule has 3 rings (SSSR count). The lowest BCUT2D eigenvalue weighted by molar-refractivity contribution is 0.102. The number of carbonyl (C=O) groups excluding carboxylic acids is 1. The van der Waals surface area contributed by atoms with Gasteiger partial charge in [0.1, 0.15) is 21.6 Å². The number of carbonyl (C=O) groups is 1. The highest BCUT2D eigenvalue weighted by atomic mass is 32.1. The van der Waals surface area contributed by atoms with Crippen molar-refractivity contribution in [3.63, 3.8) is 0 Å². The smallest absolute Gasteiger partial charge is 0.277 e. The Hall–Kier alpha value is -2.85. The maximum atomic E-state index is 13.9. The molecule has 0 saturated heterocycles. The minimum Gasteiger partial charge on any atom is -0.389 e. The van der Waals surface area contributed by atoms with Gasteiger partial charge in [0, 0.05) is 12.7 Å². The molecule has 0 saturated carbocycles. The van der Waals surface area contributed by atoms with Gasteiger partial charge < -0.3 is 16.0 Å². The zero-order valence-electron chi connectivity index (χ0n) is 14.7. The molecule has 1 amide bonds. The van der Waals surface area contributed by atoms with Gasteiger partial charge in [-0.2, -0.15) is 5.10 Å². The predicted molar refractivity (Wildman–Crippen MR) is 101 cm³/mol. The average molecular weight is 392 g/mol. The van der Waals surface area contributed by atoms with Crippen LogP contribution in [0.25, 0.3) is 10.6 Å². The number of amides is 1. The Morgan fingerprint density at radius 3 is 2.70 bits per heavy atom. The first-order chi connectivity index (χ1) is 12.8. The van der Waals surface area contributed by atoms with Crippen molar-refractivity contribution in [1.29, 1.82) is 0 Å². The number of rotatable bonds is 6. The van der Waals surface area contributed by atoms with E-state index in [1.54, 1.807) is 10.9 Å². The van der Waals surface area contributed by atoms with E-state index >= 15 is 0 Å². The minimum absolute atomic E-state index is 0.00919. The molecule has 1 aromatic carbocycles. The molecule has 27 heavy (non-hydrogen) atoms. The maximum absolute atomic E-state index is 13.9. The van der Waals surface area contributed by atoms with Gasteiger partial charge in [-0.3, -0.25) is 9.48 Å². The lowest BCUT2D eigenvalue weighted by Gasteiger charge is -2.08. The molecule has 0 aliphatic heterocycles. The fourth-order valence-corrected chi connectivity index (χ4v) is 3.22. The zero-order chi connectivity index (χ0) is 19.6. The van der Waals surface area contributed by atoms with E-state index in [1.165, 1.54) is 12.3 Å². The van der Waals surface area contributed by atoms with E-state index in [1.807, 2.05) is 19.0 Å². The van der Waals surface area contributed by atoms with E-state index in [0.717, 1.165) is 30.0 Å². The SMILES string of the molecule is CN(C)CCn1cc(NC(=O)c2nc(-c3c(F)cccc3F)sc2N)cn1. The molecule has 0 bridgehead atoms. The highest BCUT2D eigenvalue weighted by molar-refractivity contribution is 7.19. The lowest BCUT2D eigenvalue weighted by Crippen LogP contribution is -2.18. The van der Waals surface area contributed by atoms with Crippen molar-refractivity contribution < 1.29 is 13.6 Å². The molecule has 0 atom stereocenters. The summed E-state index contributed by atoms with van der Waals surface area (Å²) in [6.45, 7) is 1.46. The van der Waals surface area contributed by atoms with E-state index in [2.05, 4.69) is 15.4 Å². The van der Waals surface area contributed by atoms with Gasteiger partial charge in [0.05, 0.1) is 24.0 Å². The molecule has 2 aromatic heterocycles. The molecule has 0 aliphatic carbocycles. The van der Waals surface area contributed by atoms with Crippen LogP contribution in [0.5, 0.6) is 0 Å². The molecule has 2 heterocycles. The number of hydrogen-bond donors (Lipinski definition) is 2. The Morgan fingerprint density at radius 1 is 1.33 bits per heavy atom. The summed E-state index contributed by atoms with van der Waals surface area (Å²) in [5.74, 6) is -2.10. The van der Waals surface area contributed by atoms with Crippen LogP contribution in [-0.2, 0) is 6.54 Å². The van der Waals surface area contributed by atoms with Crippen molar-refractivity contribution in [2.45, 2.75) is 6.54 Å². The number of hydrogen-bond acceptors (Lipinski definition) is 6. The van der Waals surface area contributed by atoms with Crippen LogP contribution in [0.2, 0.25) is 0 Å². The summed E-state index contributed by atoms with van der Waals surface area (Å²) in [6.07, 6.45) is 3.19. The quantitative estimate of drug-likeness (QED) is 0.673. The number of benzene rings is 1. The number of nitrogens with zero attached hydrogens (tertiary/aromatic N) is 4. The third-order valence-electron chi connectivity index (χ3n) is 3.71. The largest absolute Gasteiger partial charge is 0.389 e. The third-order valence-corrected chi connectivity index (χ3v) is 4.61. The van der Waals surface area contributed by atoms with Gasteiger partial charge in [0.25, 0.3) is 5.91 Å². The number of nitrogens with two attached hydrogens (primary N) is 1. The summed E-state index contributed by atoms with van der Waals surface area (Å²) in [5.41, 5.74) is 5.93. The summed E-state index contributed by atoms with van der Waals surface area (Å²) >= 11 is 0.851. The standard InChI is InChI=1S/C17H18F2N6OS/c1-24(2)6-7-25-9-10(8-21-25)22-16(26)14-15(20)27-17(23-14)13-11(18)4-3-5-12(13)19/h3-5,8-9H,6-7,20H2,1-2H3,(H,22,26). The van der Waals surface area contributed by atoms with Gasteiger partial charge in [-0.1, -0.05) is 17.4 Å². The van der Waals surface area contributed by atoms with Crippen molar-refractivity contribution in [2.24, 2.45) is 0 Å². The number of anilines is 2. The van der Waals surface area contributed by atoms with Crippen LogP contribution < -0.4 is 11.1 Å². The van der Waals surface area contributed by atoms with Crippen LogP contribution in [0, 0.1) is 11.6 Å². The number of nitrogens with one attached hydrogen (secondary N) is 1. The van der Waals surface area contributed by atoms with Gasteiger partial charge in [0.15, 0.2) is 5.69 Å². The summed E-state index contributed by atoms with van der Waals surface area (Å²) in [5, 5.41) is 6.89. The normalized spacial score (nSPS) is 11.1. The Bertz CT molecular complexity index is 948. The third kappa shape index (κ3) is 4.29. The second-order valence-corrected chi connectivity index (χ2v) is 7.11. The van der Waals surface area contributed by atoms with Crippen molar-refractivity contribution in [2.75, 3.05) is 31.7 Å². The van der Waals surface area contributed by atoms with Gasteiger partial charge in [0.2, 0.25) is 0 Å².